The van der Waals surface area contributed by atoms with Gasteiger partial charge in [-0.2, -0.15) is 5.10 Å². The molecule has 1 aliphatic heterocycles. The number of nitrogens with zero attached hydrogens (tertiary/aromatic N) is 4. The van der Waals surface area contributed by atoms with Crippen LogP contribution in [0.2, 0.25) is 0 Å². The number of amides is 1. The van der Waals surface area contributed by atoms with Crippen LogP contribution >= 0.6 is 0 Å². The van der Waals surface area contributed by atoms with Crippen molar-refractivity contribution >= 4 is 5.91 Å². The molecule has 5 rings (SSSR count). The Kier molecular flexibility index (Phi) is 3.29. The van der Waals surface area contributed by atoms with Gasteiger partial charge in [0.1, 0.15) is 11.6 Å². The van der Waals surface area contributed by atoms with Crippen molar-refractivity contribution in [3.05, 3.63) is 35.7 Å². The summed E-state index contributed by atoms with van der Waals surface area (Å²) in [5, 5.41) is 17.1. The topological polar surface area (TPSA) is 95.0 Å². The minimum Gasteiger partial charge on any atom is -0.506 e. The molecule has 0 aromatic carbocycles. The predicted molar refractivity (Wildman–Crippen MR) is 89.1 cm³/mol. The zero-order valence-electron chi connectivity index (χ0n) is 13.9. The Morgan fingerprint density at radius 3 is 2.76 bits per heavy atom. The Morgan fingerprint density at radius 2 is 2.04 bits per heavy atom. The second-order valence-corrected chi connectivity index (χ2v) is 7.60. The summed E-state index contributed by atoms with van der Waals surface area (Å²) in [6, 6.07) is 1.48. The molecule has 2 aromatic heterocycles. The van der Waals surface area contributed by atoms with Gasteiger partial charge in [0.15, 0.2) is 5.82 Å². The summed E-state index contributed by atoms with van der Waals surface area (Å²) in [5.74, 6) is 3.69. The van der Waals surface area contributed by atoms with E-state index in [1.807, 2.05) is 4.90 Å². The van der Waals surface area contributed by atoms with E-state index < -0.39 is 0 Å². The fourth-order valence-electron chi connectivity index (χ4n) is 3.99. The fraction of sp³-hybridized carbons (Fsp3) is 0.556. The molecule has 3 fully saturated rings. The van der Waals surface area contributed by atoms with Crippen LogP contribution in [0.25, 0.3) is 0 Å². The minimum absolute atomic E-state index is 0.0182. The Balaban J connectivity index is 1.39. The Morgan fingerprint density at radius 1 is 1.20 bits per heavy atom. The normalized spacial score (nSPS) is 26.2. The molecule has 0 spiro atoms. The zero-order chi connectivity index (χ0) is 17.0. The number of carbonyl (C=O) groups is 1. The van der Waals surface area contributed by atoms with Gasteiger partial charge in [-0.1, -0.05) is 0 Å². The summed E-state index contributed by atoms with van der Waals surface area (Å²) in [4.78, 5) is 23.4. The fourth-order valence-corrected chi connectivity index (χ4v) is 3.99. The van der Waals surface area contributed by atoms with E-state index in [-0.39, 0.29) is 17.6 Å². The van der Waals surface area contributed by atoms with Gasteiger partial charge in [0, 0.05) is 31.1 Å². The zero-order valence-corrected chi connectivity index (χ0v) is 13.9. The summed E-state index contributed by atoms with van der Waals surface area (Å²) < 4.78 is 0. The number of aromatic nitrogens is 4. The van der Waals surface area contributed by atoms with Crippen LogP contribution in [0.5, 0.6) is 5.75 Å². The SMILES string of the molecule is O=C(c1cncc(O)c1)N1C[C@H](c2nc(C3CC3)n[nH]2)[C@@H](C2CC2)C1. The molecular formula is C18H21N5O2. The van der Waals surface area contributed by atoms with Crippen LogP contribution in [0, 0.1) is 11.8 Å². The molecule has 3 heterocycles. The number of hydrogen-bond acceptors (Lipinski definition) is 5. The molecule has 1 saturated heterocycles. The molecule has 130 valence electrons. The largest absolute Gasteiger partial charge is 0.506 e. The highest BCUT2D eigenvalue weighted by Gasteiger charge is 2.46. The van der Waals surface area contributed by atoms with Gasteiger partial charge in [-0.05, 0) is 43.6 Å². The van der Waals surface area contributed by atoms with E-state index in [4.69, 9.17) is 4.98 Å². The van der Waals surface area contributed by atoms with Crippen LogP contribution in [-0.2, 0) is 0 Å². The van der Waals surface area contributed by atoms with Gasteiger partial charge < -0.3 is 10.0 Å². The van der Waals surface area contributed by atoms with Crippen molar-refractivity contribution in [2.24, 2.45) is 11.8 Å². The van der Waals surface area contributed by atoms with Gasteiger partial charge in [0.2, 0.25) is 0 Å². The number of likely N-dealkylation sites (tertiary alicyclic amines) is 1. The molecular weight excluding hydrogens is 318 g/mol. The van der Waals surface area contributed by atoms with E-state index >= 15 is 0 Å². The van der Waals surface area contributed by atoms with E-state index in [2.05, 4.69) is 15.2 Å². The quantitative estimate of drug-likeness (QED) is 0.889. The van der Waals surface area contributed by atoms with Crippen LogP contribution < -0.4 is 0 Å². The molecule has 2 aromatic rings. The Hall–Kier alpha value is -2.44. The van der Waals surface area contributed by atoms with E-state index in [0.29, 0.717) is 29.9 Å². The highest BCUT2D eigenvalue weighted by Crippen LogP contribution is 2.47. The number of nitrogens with one attached hydrogen (secondary N) is 1. The summed E-state index contributed by atoms with van der Waals surface area (Å²) in [7, 11) is 0. The maximum absolute atomic E-state index is 12.8. The first kappa shape index (κ1) is 14.9. The lowest BCUT2D eigenvalue weighted by atomic mass is 9.91. The molecule has 25 heavy (non-hydrogen) atoms. The first-order valence-electron chi connectivity index (χ1n) is 9.04. The van der Waals surface area contributed by atoms with E-state index in [9.17, 15) is 9.90 Å². The number of aromatic hydroxyl groups is 1. The molecule has 3 aliphatic rings. The van der Waals surface area contributed by atoms with E-state index in [1.165, 1.54) is 44.1 Å². The summed E-state index contributed by atoms with van der Waals surface area (Å²) in [6.07, 6.45) is 7.69. The first-order chi connectivity index (χ1) is 12.2. The Labute approximate surface area is 145 Å². The number of pyridine rings is 1. The second kappa shape index (κ2) is 5.54. The molecule has 0 bridgehead atoms. The van der Waals surface area contributed by atoms with Crippen molar-refractivity contribution in [3.8, 4) is 5.75 Å². The van der Waals surface area contributed by atoms with Gasteiger partial charge in [0.05, 0.1) is 11.8 Å². The lowest BCUT2D eigenvalue weighted by Crippen LogP contribution is -2.29. The summed E-state index contributed by atoms with van der Waals surface area (Å²) >= 11 is 0. The number of H-pyrrole nitrogens is 1. The monoisotopic (exact) mass is 339 g/mol. The van der Waals surface area contributed by atoms with Gasteiger partial charge in [-0.3, -0.25) is 14.9 Å². The van der Waals surface area contributed by atoms with Gasteiger partial charge >= 0.3 is 0 Å². The minimum atomic E-state index is -0.0709. The van der Waals surface area contributed by atoms with Crippen molar-refractivity contribution in [2.45, 2.75) is 37.5 Å². The molecule has 2 saturated carbocycles. The number of rotatable bonds is 4. The van der Waals surface area contributed by atoms with Crippen molar-refractivity contribution < 1.29 is 9.90 Å². The summed E-state index contributed by atoms with van der Waals surface area (Å²) in [5.41, 5.74) is 0.437. The average Bonchev–Trinajstić information content (AvgIpc) is 3.55. The molecule has 7 heteroatoms. The maximum Gasteiger partial charge on any atom is 0.255 e. The molecule has 7 nitrogen and oxygen atoms in total. The van der Waals surface area contributed by atoms with Crippen molar-refractivity contribution in [2.75, 3.05) is 13.1 Å². The van der Waals surface area contributed by atoms with Crippen molar-refractivity contribution in [3.63, 3.8) is 0 Å². The molecule has 0 radical (unpaired) electrons. The number of hydrogen-bond donors (Lipinski definition) is 2. The molecule has 0 unspecified atom stereocenters. The highest BCUT2D eigenvalue weighted by molar-refractivity contribution is 5.94. The maximum atomic E-state index is 12.8. The predicted octanol–water partition coefficient (Wildman–Crippen LogP) is 2.05. The van der Waals surface area contributed by atoms with E-state index in [0.717, 1.165) is 18.2 Å². The van der Waals surface area contributed by atoms with Crippen LogP contribution in [0.1, 0.15) is 59.5 Å². The number of carbonyl (C=O) groups excluding carboxylic acids is 1. The second-order valence-electron chi connectivity index (χ2n) is 7.60. The number of aromatic amines is 1. The van der Waals surface area contributed by atoms with Gasteiger partial charge in [-0.25, -0.2) is 4.98 Å². The Bertz CT molecular complexity index is 811. The van der Waals surface area contributed by atoms with Crippen molar-refractivity contribution in [1.82, 2.24) is 25.1 Å². The third kappa shape index (κ3) is 2.77. The van der Waals surface area contributed by atoms with Gasteiger partial charge in [0.25, 0.3) is 5.91 Å². The molecule has 1 amide bonds. The van der Waals surface area contributed by atoms with Crippen molar-refractivity contribution in [1.29, 1.82) is 0 Å². The van der Waals surface area contributed by atoms with Crippen LogP contribution in [0.15, 0.2) is 18.5 Å². The lowest BCUT2D eigenvalue weighted by molar-refractivity contribution is 0.0784. The third-order valence-corrected chi connectivity index (χ3v) is 5.66. The molecule has 2 aliphatic carbocycles. The van der Waals surface area contributed by atoms with Crippen LogP contribution in [0.3, 0.4) is 0 Å². The van der Waals surface area contributed by atoms with E-state index in [1.54, 1.807) is 0 Å². The van der Waals surface area contributed by atoms with Crippen LogP contribution in [-0.4, -0.2) is 49.2 Å². The standard InChI is InChI=1S/C18H21N5O2/c24-13-5-12(6-19-7-13)18(25)23-8-14(10-1-2-10)15(9-23)17-20-16(21-22-17)11-3-4-11/h5-7,10-11,14-15,24H,1-4,8-9H2,(H,20,21,22)/t14-,15+/m1/s1. The first-order valence-corrected chi connectivity index (χ1v) is 9.04. The van der Waals surface area contributed by atoms with Gasteiger partial charge in [-0.15, -0.1) is 0 Å². The molecule has 2 atom stereocenters. The third-order valence-electron chi connectivity index (χ3n) is 5.66. The lowest BCUT2D eigenvalue weighted by Gasteiger charge is -2.16. The average molecular weight is 339 g/mol. The highest BCUT2D eigenvalue weighted by atomic mass is 16.3. The summed E-state index contributed by atoms with van der Waals surface area (Å²) in [6.45, 7) is 1.39. The molecule has 2 N–H and O–H groups in total. The van der Waals surface area contributed by atoms with Crippen LogP contribution in [0.4, 0.5) is 0 Å². The smallest absolute Gasteiger partial charge is 0.255 e.